The van der Waals surface area contributed by atoms with Gasteiger partial charge in [0.05, 0.1) is 18.9 Å². The molecule has 2 aromatic carbocycles. The van der Waals surface area contributed by atoms with Gasteiger partial charge in [-0.05, 0) is 48.4 Å². The number of hydrogen-bond donors (Lipinski definition) is 1. The van der Waals surface area contributed by atoms with Crippen LogP contribution in [0.2, 0.25) is 0 Å². The van der Waals surface area contributed by atoms with Crippen molar-refractivity contribution in [1.29, 1.82) is 0 Å². The first kappa shape index (κ1) is 20.4. The third-order valence-electron chi connectivity index (χ3n) is 5.20. The zero-order valence-electron chi connectivity index (χ0n) is 17.3. The van der Waals surface area contributed by atoms with Crippen molar-refractivity contribution in [3.63, 3.8) is 0 Å². The van der Waals surface area contributed by atoms with Crippen LogP contribution in [0.4, 0.5) is 4.79 Å². The highest BCUT2D eigenvalue weighted by atomic mass is 16.5. The van der Waals surface area contributed by atoms with Gasteiger partial charge in [-0.2, -0.15) is 0 Å². The number of barbiturate groups is 1. The van der Waals surface area contributed by atoms with Gasteiger partial charge in [0.25, 0.3) is 11.8 Å². The smallest absolute Gasteiger partial charge is 0.331 e. The number of amides is 4. The molecule has 1 aromatic heterocycles. The molecule has 1 aliphatic heterocycles. The topological polar surface area (TPSA) is 88.8 Å². The van der Waals surface area contributed by atoms with Gasteiger partial charge in [-0.15, -0.1) is 0 Å². The predicted molar refractivity (Wildman–Crippen MR) is 115 cm³/mol. The monoisotopic (exact) mass is 418 g/mol. The quantitative estimate of drug-likeness (QED) is 0.477. The van der Waals surface area contributed by atoms with E-state index in [0.717, 1.165) is 22.1 Å². The lowest BCUT2D eigenvalue weighted by Gasteiger charge is -2.26. The van der Waals surface area contributed by atoms with Gasteiger partial charge in [0, 0.05) is 5.56 Å². The summed E-state index contributed by atoms with van der Waals surface area (Å²) in [5.41, 5.74) is 0.473. The highest BCUT2D eigenvalue weighted by molar-refractivity contribution is 6.31. The van der Waals surface area contributed by atoms with E-state index in [1.165, 1.54) is 12.3 Å². The molecule has 4 amide bonds. The molecular weight excluding hydrogens is 396 g/mol. The summed E-state index contributed by atoms with van der Waals surface area (Å²) in [6, 6.07) is 14.0. The fourth-order valence-corrected chi connectivity index (χ4v) is 3.37. The van der Waals surface area contributed by atoms with Crippen molar-refractivity contribution in [2.24, 2.45) is 0 Å². The first-order valence-corrected chi connectivity index (χ1v) is 10.1. The molecule has 1 saturated heterocycles. The molecule has 1 atom stereocenters. The largest absolute Gasteiger partial charge is 0.490 e. The number of rotatable bonds is 6. The van der Waals surface area contributed by atoms with Gasteiger partial charge in [0.15, 0.2) is 0 Å². The molecule has 0 saturated carbocycles. The van der Waals surface area contributed by atoms with E-state index in [9.17, 15) is 14.4 Å². The zero-order chi connectivity index (χ0) is 22.0. The second kappa shape index (κ2) is 8.47. The predicted octanol–water partition coefficient (Wildman–Crippen LogP) is 4.27. The van der Waals surface area contributed by atoms with E-state index < -0.39 is 17.8 Å². The Labute approximate surface area is 179 Å². The molecule has 7 heteroatoms. The second-order valence-electron chi connectivity index (χ2n) is 7.32. The molecule has 1 fully saturated rings. The number of furan rings is 1. The SMILES string of the molecule is CC[C@@H](C)Oc1ccc2ccccc2c1/C=C1\C(=O)NC(=O)N(Cc2ccco2)C1=O. The normalized spacial score (nSPS) is 16.6. The first-order valence-electron chi connectivity index (χ1n) is 10.1. The van der Waals surface area contributed by atoms with Crippen LogP contribution < -0.4 is 10.1 Å². The van der Waals surface area contributed by atoms with Gasteiger partial charge < -0.3 is 9.15 Å². The molecule has 1 N–H and O–H groups in total. The number of nitrogens with zero attached hydrogens (tertiary/aromatic N) is 1. The van der Waals surface area contributed by atoms with Gasteiger partial charge in [-0.25, -0.2) is 4.79 Å². The molecule has 158 valence electrons. The van der Waals surface area contributed by atoms with Crippen molar-refractivity contribution in [1.82, 2.24) is 10.2 Å². The van der Waals surface area contributed by atoms with Crippen molar-refractivity contribution in [3.05, 3.63) is 71.7 Å². The summed E-state index contributed by atoms with van der Waals surface area (Å²) in [6.45, 7) is 3.89. The van der Waals surface area contributed by atoms with Crippen LogP contribution in [0.3, 0.4) is 0 Å². The minimum Gasteiger partial charge on any atom is -0.490 e. The number of carbonyl (C=O) groups excluding carboxylic acids is 3. The summed E-state index contributed by atoms with van der Waals surface area (Å²) < 4.78 is 11.3. The van der Waals surface area contributed by atoms with Crippen LogP contribution in [0, 0.1) is 0 Å². The zero-order valence-corrected chi connectivity index (χ0v) is 17.3. The molecule has 0 unspecified atom stereocenters. The Morgan fingerprint density at radius 2 is 1.90 bits per heavy atom. The third-order valence-corrected chi connectivity index (χ3v) is 5.20. The molecule has 7 nitrogen and oxygen atoms in total. The summed E-state index contributed by atoms with van der Waals surface area (Å²) >= 11 is 0. The molecule has 4 rings (SSSR count). The van der Waals surface area contributed by atoms with E-state index in [1.54, 1.807) is 12.1 Å². The Balaban J connectivity index is 1.80. The highest BCUT2D eigenvalue weighted by Gasteiger charge is 2.36. The van der Waals surface area contributed by atoms with Gasteiger partial charge in [0.2, 0.25) is 0 Å². The lowest BCUT2D eigenvalue weighted by molar-refractivity contribution is -0.130. The summed E-state index contributed by atoms with van der Waals surface area (Å²) in [5, 5.41) is 4.02. The standard InChI is InChI=1S/C24H22N2O5/c1-3-15(2)31-21-11-10-16-7-4-5-9-18(16)19(21)13-20-22(27)25-24(29)26(23(20)28)14-17-8-6-12-30-17/h4-13,15H,3,14H2,1-2H3,(H,25,27,29)/b20-13+/t15-/m1/s1. The molecule has 0 bridgehead atoms. The van der Waals surface area contributed by atoms with E-state index in [0.29, 0.717) is 17.1 Å². The molecule has 3 aromatic rings. The third kappa shape index (κ3) is 4.07. The molecule has 31 heavy (non-hydrogen) atoms. The average molecular weight is 418 g/mol. The van der Waals surface area contributed by atoms with Crippen LogP contribution in [-0.2, 0) is 16.1 Å². The maximum absolute atomic E-state index is 13.1. The number of imide groups is 2. The van der Waals surface area contributed by atoms with E-state index in [4.69, 9.17) is 9.15 Å². The van der Waals surface area contributed by atoms with Crippen LogP contribution in [0.1, 0.15) is 31.6 Å². The average Bonchev–Trinajstić information content (AvgIpc) is 3.28. The van der Waals surface area contributed by atoms with E-state index in [2.05, 4.69) is 5.32 Å². The highest BCUT2D eigenvalue weighted by Crippen LogP contribution is 2.32. The maximum atomic E-state index is 13.1. The fourth-order valence-electron chi connectivity index (χ4n) is 3.37. The Bertz CT molecular complexity index is 1180. The first-order chi connectivity index (χ1) is 15.0. The van der Waals surface area contributed by atoms with Gasteiger partial charge in [-0.3, -0.25) is 19.8 Å². The van der Waals surface area contributed by atoms with Crippen molar-refractivity contribution in [2.45, 2.75) is 32.9 Å². The second-order valence-corrected chi connectivity index (χ2v) is 7.32. The van der Waals surface area contributed by atoms with E-state index in [1.807, 2.05) is 50.2 Å². The lowest BCUT2D eigenvalue weighted by atomic mass is 9.99. The molecule has 0 aliphatic carbocycles. The number of fused-ring (bicyclic) bond motifs is 1. The van der Waals surface area contributed by atoms with Crippen LogP contribution in [0.25, 0.3) is 16.8 Å². The van der Waals surface area contributed by atoms with Crippen LogP contribution in [-0.4, -0.2) is 28.8 Å². The maximum Gasteiger partial charge on any atom is 0.331 e. The molecule has 1 aliphatic rings. The summed E-state index contributed by atoms with van der Waals surface area (Å²) in [4.78, 5) is 38.9. The number of hydrogen-bond acceptors (Lipinski definition) is 5. The van der Waals surface area contributed by atoms with Crippen LogP contribution in [0.5, 0.6) is 5.75 Å². The minimum absolute atomic E-state index is 0.0498. The number of nitrogens with one attached hydrogen (secondary N) is 1. The minimum atomic E-state index is -0.780. The van der Waals surface area contributed by atoms with Crippen LogP contribution in [0.15, 0.2) is 64.8 Å². The summed E-state index contributed by atoms with van der Waals surface area (Å²) in [6.07, 6.45) is 3.71. The molecular formula is C24H22N2O5. The van der Waals surface area contributed by atoms with Crippen molar-refractivity contribution < 1.29 is 23.5 Å². The number of carbonyl (C=O) groups is 3. The van der Waals surface area contributed by atoms with E-state index in [-0.39, 0.29) is 18.2 Å². The van der Waals surface area contributed by atoms with Crippen molar-refractivity contribution in [2.75, 3.05) is 0 Å². The van der Waals surface area contributed by atoms with Gasteiger partial charge >= 0.3 is 6.03 Å². The van der Waals surface area contributed by atoms with E-state index >= 15 is 0 Å². The molecule has 0 spiro atoms. The van der Waals surface area contributed by atoms with Crippen molar-refractivity contribution >= 4 is 34.7 Å². The Hall–Kier alpha value is -3.87. The Morgan fingerprint density at radius 1 is 1.10 bits per heavy atom. The Kier molecular flexibility index (Phi) is 5.58. The summed E-state index contributed by atoms with van der Waals surface area (Å²) in [7, 11) is 0. The van der Waals surface area contributed by atoms with Crippen LogP contribution >= 0.6 is 0 Å². The fraction of sp³-hybridized carbons (Fsp3) is 0.208. The van der Waals surface area contributed by atoms with Crippen molar-refractivity contribution in [3.8, 4) is 5.75 Å². The Morgan fingerprint density at radius 3 is 2.65 bits per heavy atom. The van der Waals surface area contributed by atoms with Gasteiger partial charge in [-0.1, -0.05) is 37.3 Å². The number of ether oxygens (including phenoxy) is 1. The lowest BCUT2D eigenvalue weighted by Crippen LogP contribution is -2.53. The molecule has 2 heterocycles. The number of urea groups is 1. The summed E-state index contributed by atoms with van der Waals surface area (Å²) in [5.74, 6) is -0.431. The number of benzene rings is 2. The van der Waals surface area contributed by atoms with Gasteiger partial charge in [0.1, 0.15) is 17.1 Å². The molecule has 0 radical (unpaired) electrons.